The maximum Gasteiger partial charge on any atom is 0.191 e. The first-order chi connectivity index (χ1) is 11.0. The van der Waals surface area contributed by atoms with Gasteiger partial charge in [-0.15, -0.1) is 0 Å². The smallest absolute Gasteiger partial charge is 0.191 e. The molecule has 0 aromatic rings. The van der Waals surface area contributed by atoms with Crippen molar-refractivity contribution in [1.82, 2.24) is 15.5 Å². The average Bonchev–Trinajstić information content (AvgIpc) is 2.50. The molecular formula is C15H32N4O3S. The highest BCUT2D eigenvalue weighted by Crippen LogP contribution is 2.07. The molecule has 0 unspecified atom stereocenters. The minimum atomic E-state index is -2.95. The molecule has 136 valence electrons. The first-order valence-electron chi connectivity index (χ1n) is 8.51. The number of hydrogen-bond acceptors (Lipinski definition) is 5. The first-order valence-corrected chi connectivity index (χ1v) is 10.6. The molecule has 2 N–H and O–H groups in total. The second kappa shape index (κ2) is 11.6. The minimum absolute atomic E-state index is 0.0665. The molecule has 0 aromatic carbocycles. The van der Waals surface area contributed by atoms with Gasteiger partial charge in [0.15, 0.2) is 5.96 Å². The molecule has 1 rings (SSSR count). The fourth-order valence-electron chi connectivity index (χ4n) is 2.38. The van der Waals surface area contributed by atoms with Crippen molar-refractivity contribution in [2.75, 3.05) is 64.5 Å². The van der Waals surface area contributed by atoms with E-state index in [4.69, 9.17) is 4.74 Å². The lowest BCUT2D eigenvalue weighted by Crippen LogP contribution is -2.40. The zero-order valence-electron chi connectivity index (χ0n) is 14.5. The minimum Gasteiger partial charge on any atom is -0.379 e. The summed E-state index contributed by atoms with van der Waals surface area (Å²) in [6.07, 6.45) is 5.16. The van der Waals surface area contributed by atoms with Gasteiger partial charge in [-0.05, 0) is 32.9 Å². The Hall–Kier alpha value is -0.860. The number of piperidine rings is 1. The van der Waals surface area contributed by atoms with Crippen LogP contribution in [0.4, 0.5) is 0 Å². The number of rotatable bonds is 10. The van der Waals surface area contributed by atoms with E-state index >= 15 is 0 Å². The number of guanidine groups is 1. The van der Waals surface area contributed by atoms with Crippen LogP contribution in [-0.2, 0) is 14.6 Å². The molecule has 8 heteroatoms. The summed E-state index contributed by atoms with van der Waals surface area (Å²) in [5.74, 6) is 0.855. The Kier molecular flexibility index (Phi) is 10.2. The van der Waals surface area contributed by atoms with Gasteiger partial charge < -0.3 is 20.3 Å². The van der Waals surface area contributed by atoms with Crippen molar-refractivity contribution in [2.24, 2.45) is 4.99 Å². The Bertz CT molecular complexity index is 434. The van der Waals surface area contributed by atoms with E-state index in [1.807, 2.05) is 6.92 Å². The van der Waals surface area contributed by atoms with E-state index in [1.54, 1.807) is 0 Å². The van der Waals surface area contributed by atoms with Crippen LogP contribution in [0.25, 0.3) is 0 Å². The van der Waals surface area contributed by atoms with Crippen molar-refractivity contribution >= 4 is 15.8 Å². The van der Waals surface area contributed by atoms with Crippen LogP contribution in [0.2, 0.25) is 0 Å². The lowest BCUT2D eigenvalue weighted by Gasteiger charge is -2.25. The number of nitrogens with zero attached hydrogens (tertiary/aromatic N) is 2. The van der Waals surface area contributed by atoms with E-state index in [1.165, 1.54) is 38.6 Å². The lowest BCUT2D eigenvalue weighted by molar-refractivity contribution is 0.154. The highest BCUT2D eigenvalue weighted by molar-refractivity contribution is 7.90. The van der Waals surface area contributed by atoms with E-state index < -0.39 is 9.84 Å². The number of hydrogen-bond donors (Lipinski definition) is 2. The molecule has 23 heavy (non-hydrogen) atoms. The van der Waals surface area contributed by atoms with Gasteiger partial charge in [0, 0.05) is 25.9 Å². The van der Waals surface area contributed by atoms with Crippen LogP contribution in [-0.4, -0.2) is 83.8 Å². The molecular weight excluding hydrogens is 316 g/mol. The Morgan fingerprint density at radius 1 is 1.17 bits per heavy atom. The number of nitrogens with one attached hydrogen (secondary N) is 2. The van der Waals surface area contributed by atoms with E-state index in [9.17, 15) is 8.42 Å². The van der Waals surface area contributed by atoms with Gasteiger partial charge in [0.25, 0.3) is 0 Å². The standard InChI is InChI=1S/C15H32N4O3S/c1-3-16-15(17-7-11-19-9-5-4-6-10-19)18-8-12-22-13-14-23(2,20)21/h3-14H2,1-2H3,(H2,16,17,18). The molecule has 1 saturated heterocycles. The second-order valence-corrected chi connectivity index (χ2v) is 8.09. The molecule has 7 nitrogen and oxygen atoms in total. The van der Waals surface area contributed by atoms with Gasteiger partial charge in [-0.25, -0.2) is 8.42 Å². The van der Waals surface area contributed by atoms with E-state index in [2.05, 4.69) is 20.5 Å². The van der Waals surface area contributed by atoms with Crippen LogP contribution in [0, 0.1) is 0 Å². The van der Waals surface area contributed by atoms with Gasteiger partial charge in [0.2, 0.25) is 0 Å². The number of aliphatic imine (C=N–C) groups is 1. The fraction of sp³-hybridized carbons (Fsp3) is 0.933. The molecule has 1 aliphatic rings. The topological polar surface area (TPSA) is 83.0 Å². The summed E-state index contributed by atoms with van der Waals surface area (Å²) in [6, 6.07) is 0. The van der Waals surface area contributed by atoms with Crippen LogP contribution in [0.1, 0.15) is 26.2 Å². The molecule has 1 heterocycles. The van der Waals surface area contributed by atoms with E-state index in [-0.39, 0.29) is 12.4 Å². The maximum atomic E-state index is 11.0. The monoisotopic (exact) mass is 348 g/mol. The Morgan fingerprint density at radius 2 is 1.91 bits per heavy atom. The van der Waals surface area contributed by atoms with Crippen molar-refractivity contribution in [3.05, 3.63) is 0 Å². The summed E-state index contributed by atoms with van der Waals surface area (Å²) in [7, 11) is -2.95. The third-order valence-electron chi connectivity index (χ3n) is 3.62. The average molecular weight is 349 g/mol. The summed E-state index contributed by atoms with van der Waals surface area (Å²) in [4.78, 5) is 7.03. The molecule has 0 amide bonds. The van der Waals surface area contributed by atoms with Crippen LogP contribution < -0.4 is 10.6 Å². The summed E-state index contributed by atoms with van der Waals surface area (Å²) >= 11 is 0. The maximum absolute atomic E-state index is 11.0. The summed E-state index contributed by atoms with van der Waals surface area (Å²) in [5.41, 5.74) is 0. The quantitative estimate of drug-likeness (QED) is 0.331. The third-order valence-corrected chi connectivity index (χ3v) is 4.52. The predicted molar refractivity (Wildman–Crippen MR) is 94.8 cm³/mol. The SMILES string of the molecule is CCNC(=NCCN1CCCCC1)NCCOCCS(C)(=O)=O. The van der Waals surface area contributed by atoms with E-state index in [0.29, 0.717) is 13.2 Å². The number of ether oxygens (including phenoxy) is 1. The predicted octanol–water partition coefficient (Wildman–Crippen LogP) is 0.0886. The molecule has 1 fully saturated rings. The Balaban J connectivity index is 2.16. The molecule has 0 atom stereocenters. The zero-order chi connectivity index (χ0) is 17.0. The van der Waals surface area contributed by atoms with Crippen LogP contribution in [0.15, 0.2) is 4.99 Å². The molecule has 0 bridgehead atoms. The molecule has 0 radical (unpaired) electrons. The van der Waals surface area contributed by atoms with Crippen LogP contribution >= 0.6 is 0 Å². The first kappa shape index (κ1) is 20.2. The molecule has 0 aromatic heterocycles. The lowest BCUT2D eigenvalue weighted by atomic mass is 10.1. The fourth-order valence-corrected chi connectivity index (χ4v) is 2.80. The highest BCUT2D eigenvalue weighted by Gasteiger charge is 2.08. The van der Waals surface area contributed by atoms with Gasteiger partial charge >= 0.3 is 0 Å². The Morgan fingerprint density at radius 3 is 2.57 bits per heavy atom. The third kappa shape index (κ3) is 11.3. The summed E-state index contributed by atoms with van der Waals surface area (Å²) in [6.45, 7) is 8.32. The molecule has 1 aliphatic heterocycles. The van der Waals surface area contributed by atoms with Crippen molar-refractivity contribution < 1.29 is 13.2 Å². The zero-order valence-corrected chi connectivity index (χ0v) is 15.3. The summed E-state index contributed by atoms with van der Waals surface area (Å²) < 4.78 is 27.3. The van der Waals surface area contributed by atoms with Crippen molar-refractivity contribution in [1.29, 1.82) is 0 Å². The van der Waals surface area contributed by atoms with Gasteiger partial charge in [-0.1, -0.05) is 6.42 Å². The molecule has 0 aliphatic carbocycles. The largest absolute Gasteiger partial charge is 0.379 e. The van der Waals surface area contributed by atoms with Crippen molar-refractivity contribution in [3.63, 3.8) is 0 Å². The summed E-state index contributed by atoms with van der Waals surface area (Å²) in [5, 5.41) is 6.41. The van der Waals surface area contributed by atoms with Gasteiger partial charge in [-0.3, -0.25) is 4.99 Å². The highest BCUT2D eigenvalue weighted by atomic mass is 32.2. The number of sulfone groups is 1. The van der Waals surface area contributed by atoms with Crippen molar-refractivity contribution in [3.8, 4) is 0 Å². The van der Waals surface area contributed by atoms with Gasteiger partial charge in [-0.2, -0.15) is 0 Å². The normalized spacial score (nSPS) is 17.2. The van der Waals surface area contributed by atoms with E-state index in [0.717, 1.165) is 25.6 Å². The molecule has 0 spiro atoms. The second-order valence-electron chi connectivity index (χ2n) is 5.83. The van der Waals surface area contributed by atoms with Gasteiger partial charge in [0.05, 0.1) is 25.5 Å². The molecule has 0 saturated carbocycles. The number of likely N-dealkylation sites (tertiary alicyclic amines) is 1. The van der Waals surface area contributed by atoms with Crippen LogP contribution in [0.3, 0.4) is 0 Å². The Labute approximate surface area is 140 Å². The van der Waals surface area contributed by atoms with Crippen molar-refractivity contribution in [2.45, 2.75) is 26.2 Å². The van der Waals surface area contributed by atoms with Gasteiger partial charge in [0.1, 0.15) is 9.84 Å². The van der Waals surface area contributed by atoms with Crippen LogP contribution in [0.5, 0.6) is 0 Å².